The van der Waals surface area contributed by atoms with Crippen LogP contribution in [0.1, 0.15) is 29.2 Å². The van der Waals surface area contributed by atoms with Crippen molar-refractivity contribution < 1.29 is 37.2 Å². The molecule has 8 nitrogen and oxygen atoms in total. The Morgan fingerprint density at radius 3 is 2.44 bits per heavy atom. The molecule has 39 heavy (non-hydrogen) atoms. The van der Waals surface area contributed by atoms with Gasteiger partial charge in [-0.1, -0.05) is 35.9 Å². The van der Waals surface area contributed by atoms with Crippen LogP contribution in [0.3, 0.4) is 0 Å². The molecule has 0 atom stereocenters. The van der Waals surface area contributed by atoms with Gasteiger partial charge in [0, 0.05) is 6.07 Å². The highest BCUT2D eigenvalue weighted by Gasteiger charge is 2.35. The second kappa shape index (κ2) is 11.2. The summed E-state index contributed by atoms with van der Waals surface area (Å²) in [5.41, 5.74) is 0.254. The maximum absolute atomic E-state index is 13.0. The molecule has 12 heteroatoms. The summed E-state index contributed by atoms with van der Waals surface area (Å²) in [6.07, 6.45) is -3.25. The lowest BCUT2D eigenvalue weighted by Crippen LogP contribution is -2.27. The lowest BCUT2D eigenvalue weighted by molar-refractivity contribution is -0.385. The van der Waals surface area contributed by atoms with Crippen molar-refractivity contribution in [1.82, 2.24) is 4.90 Å². The number of imide groups is 1. The summed E-state index contributed by atoms with van der Waals surface area (Å²) in [4.78, 5) is 37.3. The molecule has 0 aromatic heterocycles. The topological polar surface area (TPSA) is 99.0 Å². The van der Waals surface area contributed by atoms with Crippen LogP contribution in [0.5, 0.6) is 17.2 Å². The zero-order valence-electron chi connectivity index (χ0n) is 20.7. The maximum atomic E-state index is 13.0. The van der Waals surface area contributed by atoms with Crippen LogP contribution in [-0.4, -0.2) is 27.6 Å². The molecule has 1 fully saturated rings. The molecule has 0 saturated carbocycles. The van der Waals surface area contributed by atoms with Gasteiger partial charge in [-0.25, -0.2) is 0 Å². The number of nitro benzene ring substituents is 1. The van der Waals surface area contributed by atoms with Gasteiger partial charge in [0.1, 0.15) is 0 Å². The maximum Gasteiger partial charge on any atom is 0.416 e. The van der Waals surface area contributed by atoms with Crippen molar-refractivity contribution in [2.75, 3.05) is 6.61 Å². The summed E-state index contributed by atoms with van der Waals surface area (Å²) in [6.45, 7) is 3.92. The molecular formula is C27H21F3N2O6S. The van der Waals surface area contributed by atoms with Gasteiger partial charge in [0.15, 0.2) is 11.5 Å². The van der Waals surface area contributed by atoms with Crippen molar-refractivity contribution in [2.24, 2.45) is 0 Å². The second-order valence-electron chi connectivity index (χ2n) is 8.44. The van der Waals surface area contributed by atoms with Gasteiger partial charge < -0.3 is 9.47 Å². The number of benzene rings is 3. The van der Waals surface area contributed by atoms with E-state index in [2.05, 4.69) is 0 Å². The highest BCUT2D eigenvalue weighted by atomic mass is 32.2. The minimum atomic E-state index is -4.76. The summed E-state index contributed by atoms with van der Waals surface area (Å²) >= 11 is 0.794. The van der Waals surface area contributed by atoms with Crippen LogP contribution in [-0.2, 0) is 17.5 Å². The van der Waals surface area contributed by atoms with Gasteiger partial charge in [-0.2, -0.15) is 13.2 Å². The molecule has 202 valence electrons. The number of hydrogen-bond donors (Lipinski definition) is 0. The quantitative estimate of drug-likeness (QED) is 0.162. The first kappa shape index (κ1) is 27.7. The van der Waals surface area contributed by atoms with E-state index >= 15 is 0 Å². The first-order chi connectivity index (χ1) is 18.5. The SMILES string of the molecule is CCOc1cc(/C=C2/SC(=O)N(Cc3cccc(C)c3)C2=O)ccc1Oc1ccc(C(F)(F)F)cc1[N+](=O)[O-]. The molecule has 1 heterocycles. The van der Waals surface area contributed by atoms with Crippen molar-refractivity contribution in [3.05, 3.63) is 97.9 Å². The van der Waals surface area contributed by atoms with Crippen LogP contribution in [0.15, 0.2) is 65.6 Å². The zero-order valence-corrected chi connectivity index (χ0v) is 21.5. The molecule has 0 N–H and O–H groups in total. The number of ether oxygens (including phenoxy) is 2. The van der Waals surface area contributed by atoms with Crippen LogP contribution >= 0.6 is 11.8 Å². The predicted molar refractivity (Wildman–Crippen MR) is 138 cm³/mol. The zero-order chi connectivity index (χ0) is 28.3. The Morgan fingerprint density at radius 2 is 1.77 bits per heavy atom. The smallest absolute Gasteiger partial charge is 0.416 e. The number of nitro groups is 1. The Bertz CT molecular complexity index is 1490. The Hall–Kier alpha value is -4.32. The molecule has 0 bridgehead atoms. The van der Waals surface area contributed by atoms with E-state index in [-0.39, 0.29) is 29.6 Å². The van der Waals surface area contributed by atoms with E-state index < -0.39 is 39.2 Å². The molecule has 1 aliphatic rings. The number of amides is 2. The number of rotatable bonds is 8. The van der Waals surface area contributed by atoms with Gasteiger partial charge in [0.05, 0.1) is 28.5 Å². The van der Waals surface area contributed by atoms with Crippen molar-refractivity contribution in [1.29, 1.82) is 0 Å². The van der Waals surface area contributed by atoms with Crippen molar-refractivity contribution in [3.8, 4) is 17.2 Å². The summed E-state index contributed by atoms with van der Waals surface area (Å²) < 4.78 is 50.3. The van der Waals surface area contributed by atoms with E-state index in [1.54, 1.807) is 6.92 Å². The molecule has 3 aromatic carbocycles. The number of nitrogens with zero attached hydrogens (tertiary/aromatic N) is 2. The fourth-order valence-corrected chi connectivity index (χ4v) is 4.63. The number of carbonyl (C=O) groups is 2. The second-order valence-corrected chi connectivity index (χ2v) is 9.43. The predicted octanol–water partition coefficient (Wildman–Crippen LogP) is 7.35. The number of alkyl halides is 3. The largest absolute Gasteiger partial charge is 0.490 e. The van der Waals surface area contributed by atoms with Crippen LogP contribution < -0.4 is 9.47 Å². The molecule has 0 aliphatic carbocycles. The number of hydrogen-bond acceptors (Lipinski definition) is 7. The van der Waals surface area contributed by atoms with Crippen molar-refractivity contribution in [3.63, 3.8) is 0 Å². The summed E-state index contributed by atoms with van der Waals surface area (Å²) in [5, 5.41) is 11.0. The van der Waals surface area contributed by atoms with E-state index in [1.807, 2.05) is 31.2 Å². The lowest BCUT2D eigenvalue weighted by atomic mass is 10.1. The monoisotopic (exact) mass is 558 g/mol. The molecule has 0 spiro atoms. The Labute approximate surface area is 225 Å². The first-order valence-electron chi connectivity index (χ1n) is 11.6. The van der Waals surface area contributed by atoms with E-state index in [0.29, 0.717) is 17.7 Å². The third-order valence-electron chi connectivity index (χ3n) is 5.57. The summed E-state index contributed by atoms with van der Waals surface area (Å²) in [7, 11) is 0. The fraction of sp³-hybridized carbons (Fsp3) is 0.185. The lowest BCUT2D eigenvalue weighted by Gasteiger charge is -2.14. The van der Waals surface area contributed by atoms with Crippen molar-refractivity contribution >= 4 is 34.7 Å². The van der Waals surface area contributed by atoms with E-state index in [9.17, 15) is 32.9 Å². The third kappa shape index (κ3) is 6.40. The first-order valence-corrected chi connectivity index (χ1v) is 12.4. The summed E-state index contributed by atoms with van der Waals surface area (Å²) in [5.74, 6) is -0.701. The van der Waals surface area contributed by atoms with Gasteiger partial charge in [-0.05, 0) is 67.1 Å². The van der Waals surface area contributed by atoms with E-state index in [4.69, 9.17) is 9.47 Å². The van der Waals surface area contributed by atoms with Crippen molar-refractivity contribution in [2.45, 2.75) is 26.6 Å². The van der Waals surface area contributed by atoms with Gasteiger partial charge in [-0.3, -0.25) is 24.6 Å². The Morgan fingerprint density at radius 1 is 1.03 bits per heavy atom. The van der Waals surface area contributed by atoms with Gasteiger partial charge >= 0.3 is 11.9 Å². The molecule has 3 aromatic rings. The normalized spacial score (nSPS) is 14.7. The molecule has 0 radical (unpaired) electrons. The Kier molecular flexibility index (Phi) is 7.95. The molecule has 2 amide bonds. The minimum absolute atomic E-state index is 0.0180. The highest BCUT2D eigenvalue weighted by molar-refractivity contribution is 8.18. The number of halogens is 3. The minimum Gasteiger partial charge on any atom is -0.490 e. The number of aryl methyl sites for hydroxylation is 1. The van der Waals surface area contributed by atoms with Crippen LogP contribution in [0.4, 0.5) is 23.7 Å². The average molecular weight is 559 g/mol. The van der Waals surface area contributed by atoms with Crippen LogP contribution in [0, 0.1) is 17.0 Å². The molecular weight excluding hydrogens is 537 g/mol. The van der Waals surface area contributed by atoms with Gasteiger partial charge in [0.2, 0.25) is 5.75 Å². The highest BCUT2D eigenvalue weighted by Crippen LogP contribution is 2.41. The molecule has 1 saturated heterocycles. The Balaban J connectivity index is 1.60. The standard InChI is InChI=1S/C27H21F3N2O6S/c1-3-37-23-12-17(13-24-25(33)31(26(34)39-24)15-18-6-4-5-16(2)11-18)7-9-22(23)38-21-10-8-19(27(28,29)30)14-20(21)32(35)36/h4-14H,3,15H2,1-2H3/b24-13+. The van der Waals surface area contributed by atoms with E-state index in [1.165, 1.54) is 24.3 Å². The van der Waals surface area contributed by atoms with Crippen LogP contribution in [0.25, 0.3) is 6.08 Å². The van der Waals surface area contributed by atoms with E-state index in [0.717, 1.165) is 33.9 Å². The van der Waals surface area contributed by atoms with Gasteiger partial charge in [0.25, 0.3) is 11.1 Å². The molecule has 1 aliphatic heterocycles. The average Bonchev–Trinajstić information content (AvgIpc) is 3.12. The molecule has 0 unspecified atom stereocenters. The molecule has 4 rings (SSSR count). The van der Waals surface area contributed by atoms with Crippen LogP contribution in [0.2, 0.25) is 0 Å². The van der Waals surface area contributed by atoms with Gasteiger partial charge in [-0.15, -0.1) is 0 Å². The third-order valence-corrected chi connectivity index (χ3v) is 6.47. The number of thioether (sulfide) groups is 1. The fourth-order valence-electron chi connectivity index (χ4n) is 3.79. The summed E-state index contributed by atoms with van der Waals surface area (Å²) in [6, 6.07) is 13.9. The number of carbonyl (C=O) groups excluding carboxylic acids is 2.